The Labute approximate surface area is 156 Å². The fraction of sp³-hybridized carbons (Fsp3) is 0.562. The lowest BCUT2D eigenvalue weighted by molar-refractivity contribution is -0.100. The van der Waals surface area contributed by atoms with Crippen LogP contribution in [0.4, 0.5) is 4.79 Å². The quantitative estimate of drug-likeness (QED) is 0.721. The van der Waals surface area contributed by atoms with Crippen LogP contribution in [0.3, 0.4) is 0 Å². The largest absolute Gasteiger partial charge is 0.447 e. The number of ether oxygens (including phenoxy) is 3. The topological polar surface area (TPSA) is 56.8 Å². The van der Waals surface area contributed by atoms with Gasteiger partial charge in [-0.3, -0.25) is 0 Å². The molecule has 24 heavy (non-hydrogen) atoms. The van der Waals surface area contributed by atoms with Crippen molar-refractivity contribution in [3.05, 3.63) is 23.8 Å². The van der Waals surface area contributed by atoms with Crippen molar-refractivity contribution in [3.8, 4) is 11.5 Å². The smallest absolute Gasteiger partial charge is 0.413 e. The Morgan fingerprint density at radius 2 is 1.75 bits per heavy atom. The van der Waals surface area contributed by atoms with Gasteiger partial charge in [0.25, 0.3) is 3.79 Å². The third-order valence-electron chi connectivity index (χ3n) is 3.30. The highest BCUT2D eigenvalue weighted by atomic mass is 35.6. The summed E-state index contributed by atoms with van der Waals surface area (Å²) in [6.45, 7) is 9.57. The Kier molecular flexibility index (Phi) is 5.11. The molecule has 0 aromatic heterocycles. The first-order chi connectivity index (χ1) is 10.8. The van der Waals surface area contributed by atoms with Gasteiger partial charge in [0.05, 0.1) is 6.10 Å². The molecule has 0 radical (unpaired) electrons. The Bertz CT molecular complexity index is 637. The van der Waals surface area contributed by atoms with Gasteiger partial charge in [-0.2, -0.15) is 0 Å². The van der Waals surface area contributed by atoms with Crippen molar-refractivity contribution in [2.45, 2.75) is 55.8 Å². The molecule has 8 heteroatoms. The van der Waals surface area contributed by atoms with Crippen molar-refractivity contribution in [1.29, 1.82) is 0 Å². The van der Waals surface area contributed by atoms with Crippen LogP contribution in [0, 0.1) is 0 Å². The molecule has 0 bridgehead atoms. The Hall–Kier alpha value is -1.04. The predicted molar refractivity (Wildman–Crippen MR) is 94.2 cm³/mol. The molecule has 1 atom stereocenters. The summed E-state index contributed by atoms with van der Waals surface area (Å²) in [4.78, 5) is 12.0. The molecule has 0 saturated carbocycles. The number of amides is 1. The summed E-state index contributed by atoms with van der Waals surface area (Å²) in [5.41, 5.74) is 0.905. The summed E-state index contributed by atoms with van der Waals surface area (Å²) < 4.78 is 14.3. The molecular weight excluding hydrogens is 377 g/mol. The monoisotopic (exact) mass is 395 g/mol. The number of fused-ring (bicyclic) bond motifs is 1. The van der Waals surface area contributed by atoms with Crippen LogP contribution in [0.15, 0.2) is 18.2 Å². The molecule has 1 aromatic carbocycles. The maximum Gasteiger partial charge on any atom is 0.413 e. The van der Waals surface area contributed by atoms with E-state index in [1.807, 2.05) is 6.07 Å². The number of hydrogen-bond donors (Lipinski definition) is 1. The van der Waals surface area contributed by atoms with Crippen molar-refractivity contribution in [2.24, 2.45) is 0 Å². The van der Waals surface area contributed by atoms with Gasteiger partial charge in [0, 0.05) is 0 Å². The fourth-order valence-electron chi connectivity index (χ4n) is 2.08. The minimum atomic E-state index is -2.09. The van der Waals surface area contributed by atoms with Crippen molar-refractivity contribution in [3.63, 3.8) is 0 Å². The second-order valence-corrected chi connectivity index (χ2v) is 9.09. The summed E-state index contributed by atoms with van der Waals surface area (Å²) in [5, 5.41) is 2.37. The first-order valence-corrected chi connectivity index (χ1v) is 8.55. The zero-order valence-electron chi connectivity index (χ0n) is 14.1. The zero-order chi connectivity index (χ0) is 18.3. The van der Waals surface area contributed by atoms with Crippen LogP contribution in [-0.2, 0) is 10.2 Å². The van der Waals surface area contributed by atoms with Crippen LogP contribution < -0.4 is 14.8 Å². The van der Waals surface area contributed by atoms with Crippen LogP contribution in [-0.4, -0.2) is 21.9 Å². The van der Waals surface area contributed by atoms with Crippen molar-refractivity contribution >= 4 is 40.9 Å². The van der Waals surface area contributed by atoms with Gasteiger partial charge in [-0.25, -0.2) is 10.1 Å². The maximum atomic E-state index is 12.0. The highest BCUT2D eigenvalue weighted by Gasteiger charge is 2.60. The van der Waals surface area contributed by atoms with Gasteiger partial charge >= 0.3 is 12.0 Å². The van der Waals surface area contributed by atoms with Crippen molar-refractivity contribution in [2.75, 3.05) is 0 Å². The average molecular weight is 397 g/mol. The summed E-state index contributed by atoms with van der Waals surface area (Å²) >= 11 is 18.0. The molecule has 1 aliphatic rings. The molecule has 134 valence electrons. The number of alkyl carbamates (subject to hydrolysis) is 1. The molecular formula is C16H20Cl3NO4. The van der Waals surface area contributed by atoms with E-state index in [4.69, 9.17) is 49.0 Å². The normalized spacial score (nSPS) is 20.2. The molecule has 0 fully saturated rings. The number of nitrogens with one attached hydrogen (secondary N) is 1. The lowest BCUT2D eigenvalue weighted by atomic mass is 9.87. The zero-order valence-corrected chi connectivity index (χ0v) is 16.3. The van der Waals surface area contributed by atoms with Gasteiger partial charge in [-0.05, 0) is 37.0 Å². The molecule has 1 N–H and O–H groups in total. The van der Waals surface area contributed by atoms with Crippen LogP contribution in [0.25, 0.3) is 0 Å². The molecule has 2 rings (SSSR count). The van der Waals surface area contributed by atoms with E-state index in [2.05, 4.69) is 26.1 Å². The molecule has 1 heterocycles. The van der Waals surface area contributed by atoms with E-state index >= 15 is 0 Å². The summed E-state index contributed by atoms with van der Waals surface area (Å²) in [6, 6.07) is 5.40. The van der Waals surface area contributed by atoms with Gasteiger partial charge in [0.15, 0.2) is 11.5 Å². The first-order valence-electron chi connectivity index (χ1n) is 7.42. The molecule has 0 unspecified atom stereocenters. The lowest BCUT2D eigenvalue weighted by Crippen LogP contribution is -2.63. The van der Waals surface area contributed by atoms with Gasteiger partial charge < -0.3 is 14.2 Å². The molecule has 0 saturated heterocycles. The summed E-state index contributed by atoms with van der Waals surface area (Å²) in [5.74, 6) is -1.28. The van der Waals surface area contributed by atoms with E-state index < -0.39 is 15.8 Å². The van der Waals surface area contributed by atoms with Gasteiger partial charge in [0.2, 0.25) is 0 Å². The third kappa shape index (κ3) is 3.95. The predicted octanol–water partition coefficient (Wildman–Crippen LogP) is 4.91. The molecule has 5 nitrogen and oxygen atoms in total. The van der Waals surface area contributed by atoms with Crippen LogP contribution in [0.5, 0.6) is 11.5 Å². The molecule has 0 spiro atoms. The highest BCUT2D eigenvalue weighted by Crippen LogP contribution is 2.49. The maximum absolute atomic E-state index is 12.0. The Morgan fingerprint density at radius 1 is 1.17 bits per heavy atom. The summed E-state index contributed by atoms with van der Waals surface area (Å²) in [7, 11) is 0. The van der Waals surface area contributed by atoms with Gasteiger partial charge in [0.1, 0.15) is 0 Å². The molecule has 0 aliphatic carbocycles. The van der Waals surface area contributed by atoms with E-state index in [1.165, 1.54) is 0 Å². The first kappa shape index (κ1) is 19.3. The summed E-state index contributed by atoms with van der Waals surface area (Å²) in [6.07, 6.45) is -1.17. The Morgan fingerprint density at radius 3 is 2.25 bits per heavy atom. The van der Waals surface area contributed by atoms with Crippen LogP contribution >= 0.6 is 34.8 Å². The number of carbonyl (C=O) groups excluding carboxylic acids is 1. The van der Waals surface area contributed by atoms with Crippen molar-refractivity contribution < 1.29 is 19.0 Å². The minimum absolute atomic E-state index is 0.104. The third-order valence-corrected chi connectivity index (χ3v) is 4.05. The molecule has 1 aromatic rings. The number of halogens is 3. The number of benzene rings is 1. The number of alkyl halides is 3. The number of hydrogen-bond acceptors (Lipinski definition) is 4. The second kappa shape index (κ2) is 6.36. The number of carbonyl (C=O) groups is 1. The van der Waals surface area contributed by atoms with Gasteiger partial charge in [-0.1, -0.05) is 61.6 Å². The van der Waals surface area contributed by atoms with Crippen LogP contribution in [0.1, 0.15) is 40.2 Å². The lowest BCUT2D eigenvalue weighted by Gasteiger charge is -2.33. The van der Waals surface area contributed by atoms with E-state index in [9.17, 15) is 4.79 Å². The second-order valence-electron chi connectivity index (χ2n) is 6.81. The average Bonchev–Trinajstić information content (AvgIpc) is 2.73. The van der Waals surface area contributed by atoms with E-state index in [1.54, 1.807) is 26.0 Å². The number of rotatable bonds is 2. The SMILES string of the molecule is CC(C)OC(=O)N[C@]1(C(Cl)(Cl)Cl)Oc2ccc(C(C)(C)C)cc2O1. The fourth-order valence-corrected chi connectivity index (χ4v) is 2.46. The van der Waals surface area contributed by atoms with Crippen LogP contribution in [0.2, 0.25) is 0 Å². The molecule has 1 amide bonds. The Balaban J connectivity index is 2.34. The standard InChI is InChI=1S/C16H20Cl3NO4/c1-9(2)22-13(21)20-16(15(17,18)19)23-11-7-6-10(14(3,4)5)8-12(11)24-16/h6-9H,1-5H3,(H,20,21)/t16-/m1/s1. The van der Waals surface area contributed by atoms with Crippen molar-refractivity contribution in [1.82, 2.24) is 5.32 Å². The van der Waals surface area contributed by atoms with E-state index in [0.29, 0.717) is 11.5 Å². The highest BCUT2D eigenvalue weighted by molar-refractivity contribution is 6.68. The molecule has 1 aliphatic heterocycles. The van der Waals surface area contributed by atoms with E-state index in [0.717, 1.165) is 5.56 Å². The van der Waals surface area contributed by atoms with Gasteiger partial charge in [-0.15, -0.1) is 0 Å². The minimum Gasteiger partial charge on any atom is -0.447 e. The van der Waals surface area contributed by atoms with E-state index in [-0.39, 0.29) is 11.5 Å².